The molecular weight excluding hydrogens is 358 g/mol. The van der Waals surface area contributed by atoms with Crippen molar-refractivity contribution in [3.05, 3.63) is 70.7 Å². The first kappa shape index (κ1) is 18.0. The van der Waals surface area contributed by atoms with Crippen molar-refractivity contribution in [3.8, 4) is 0 Å². The topological polar surface area (TPSA) is 63.2 Å². The van der Waals surface area contributed by atoms with Gasteiger partial charge in [-0.2, -0.15) is 0 Å². The van der Waals surface area contributed by atoms with Crippen LogP contribution < -0.4 is 5.32 Å². The summed E-state index contributed by atoms with van der Waals surface area (Å²) >= 11 is 5.96. The molecule has 2 unspecified atom stereocenters. The molecule has 1 N–H and O–H groups in total. The van der Waals surface area contributed by atoms with E-state index in [0.29, 0.717) is 11.4 Å². The highest BCUT2D eigenvalue weighted by molar-refractivity contribution is 7.91. The van der Waals surface area contributed by atoms with Crippen LogP contribution in [0.4, 0.5) is 0 Å². The summed E-state index contributed by atoms with van der Waals surface area (Å²) in [4.78, 5) is 12.5. The third-order valence-electron chi connectivity index (χ3n) is 4.44. The maximum absolute atomic E-state index is 12.5. The van der Waals surface area contributed by atoms with Gasteiger partial charge < -0.3 is 5.32 Å². The minimum atomic E-state index is -2.97. The van der Waals surface area contributed by atoms with E-state index in [1.54, 1.807) is 12.1 Å². The molecule has 1 aliphatic heterocycles. The zero-order valence-electron chi connectivity index (χ0n) is 13.7. The fourth-order valence-electron chi connectivity index (χ4n) is 3.17. The van der Waals surface area contributed by atoms with E-state index >= 15 is 0 Å². The van der Waals surface area contributed by atoms with Crippen LogP contribution >= 0.6 is 11.6 Å². The normalized spacial score (nSPS) is 20.1. The maximum atomic E-state index is 12.5. The summed E-state index contributed by atoms with van der Waals surface area (Å²) in [5.74, 6) is 0.0688. The van der Waals surface area contributed by atoms with Gasteiger partial charge in [-0.15, -0.1) is 0 Å². The minimum absolute atomic E-state index is 0.0911. The van der Waals surface area contributed by atoms with Crippen LogP contribution in [0.1, 0.15) is 30.0 Å². The molecule has 2 aromatic rings. The summed E-state index contributed by atoms with van der Waals surface area (Å²) in [6.45, 7) is 0. The van der Waals surface area contributed by atoms with Crippen LogP contribution in [-0.2, 0) is 14.6 Å². The van der Waals surface area contributed by atoms with Crippen molar-refractivity contribution in [2.75, 3.05) is 11.5 Å². The second-order valence-electron chi connectivity index (χ2n) is 6.44. The predicted octanol–water partition coefficient (Wildman–Crippen LogP) is 3.37. The lowest BCUT2D eigenvalue weighted by molar-refractivity contribution is -0.122. The Hall–Kier alpha value is -1.85. The molecule has 1 fully saturated rings. The SMILES string of the molecule is O=C(CC1CCS(=O)(=O)C1)NC(c1ccccc1)c1ccc(Cl)cc1. The number of sulfone groups is 1. The second-order valence-corrected chi connectivity index (χ2v) is 9.10. The summed E-state index contributed by atoms with van der Waals surface area (Å²) in [5.41, 5.74) is 1.90. The Labute approximate surface area is 153 Å². The molecule has 2 aromatic carbocycles. The van der Waals surface area contributed by atoms with Crippen molar-refractivity contribution in [2.24, 2.45) is 5.92 Å². The van der Waals surface area contributed by atoms with Crippen molar-refractivity contribution < 1.29 is 13.2 Å². The quantitative estimate of drug-likeness (QED) is 0.868. The van der Waals surface area contributed by atoms with E-state index in [9.17, 15) is 13.2 Å². The molecule has 1 saturated heterocycles. The lowest BCUT2D eigenvalue weighted by Gasteiger charge is -2.21. The molecule has 6 heteroatoms. The fraction of sp³-hybridized carbons (Fsp3) is 0.316. The molecule has 0 radical (unpaired) electrons. The molecular formula is C19H20ClNO3S. The van der Waals surface area contributed by atoms with E-state index in [4.69, 9.17) is 11.6 Å². The first-order valence-electron chi connectivity index (χ1n) is 8.23. The molecule has 1 amide bonds. The van der Waals surface area contributed by atoms with Crippen LogP contribution in [0.5, 0.6) is 0 Å². The van der Waals surface area contributed by atoms with Crippen LogP contribution in [-0.4, -0.2) is 25.8 Å². The number of halogens is 1. The van der Waals surface area contributed by atoms with Gasteiger partial charge in [0.05, 0.1) is 17.5 Å². The predicted molar refractivity (Wildman–Crippen MR) is 99.3 cm³/mol. The summed E-state index contributed by atoms with van der Waals surface area (Å²) in [5, 5.41) is 3.68. The van der Waals surface area contributed by atoms with Gasteiger partial charge in [0, 0.05) is 11.4 Å². The van der Waals surface area contributed by atoms with Crippen molar-refractivity contribution in [1.82, 2.24) is 5.32 Å². The number of nitrogens with one attached hydrogen (secondary N) is 1. The molecule has 132 valence electrons. The standard InChI is InChI=1S/C19H20ClNO3S/c20-17-8-6-16(7-9-17)19(15-4-2-1-3-5-15)21-18(22)12-14-10-11-25(23,24)13-14/h1-9,14,19H,10-13H2,(H,21,22). The van der Waals surface area contributed by atoms with Gasteiger partial charge in [0.2, 0.25) is 5.91 Å². The van der Waals surface area contributed by atoms with Crippen LogP contribution in [0.15, 0.2) is 54.6 Å². The lowest BCUT2D eigenvalue weighted by atomic mass is 9.97. The Kier molecular flexibility index (Phi) is 5.45. The van der Waals surface area contributed by atoms with E-state index in [-0.39, 0.29) is 35.8 Å². The number of carbonyl (C=O) groups is 1. The van der Waals surface area contributed by atoms with Gasteiger partial charge in [-0.1, -0.05) is 54.1 Å². The van der Waals surface area contributed by atoms with Gasteiger partial charge in [0.1, 0.15) is 0 Å². The highest BCUT2D eigenvalue weighted by Gasteiger charge is 2.30. The Bertz CT molecular complexity index is 835. The second kappa shape index (κ2) is 7.58. The van der Waals surface area contributed by atoms with E-state index < -0.39 is 9.84 Å². The molecule has 0 bridgehead atoms. The zero-order valence-corrected chi connectivity index (χ0v) is 15.3. The highest BCUT2D eigenvalue weighted by atomic mass is 35.5. The third-order valence-corrected chi connectivity index (χ3v) is 6.53. The molecule has 1 aliphatic rings. The molecule has 2 atom stereocenters. The van der Waals surface area contributed by atoms with Gasteiger partial charge >= 0.3 is 0 Å². The van der Waals surface area contributed by atoms with Crippen LogP contribution in [0.25, 0.3) is 0 Å². The largest absolute Gasteiger partial charge is 0.345 e. The average molecular weight is 378 g/mol. The molecule has 0 saturated carbocycles. The summed E-state index contributed by atoms with van der Waals surface area (Å²) < 4.78 is 23.2. The van der Waals surface area contributed by atoms with Crippen LogP contribution in [0.3, 0.4) is 0 Å². The van der Waals surface area contributed by atoms with Crippen LogP contribution in [0, 0.1) is 5.92 Å². The summed E-state index contributed by atoms with van der Waals surface area (Å²) in [7, 11) is -2.97. The Morgan fingerprint density at radius 1 is 1.08 bits per heavy atom. The van der Waals surface area contributed by atoms with E-state index in [1.807, 2.05) is 42.5 Å². The van der Waals surface area contributed by atoms with Crippen molar-refractivity contribution in [2.45, 2.75) is 18.9 Å². The third kappa shape index (κ3) is 4.83. The molecule has 0 aliphatic carbocycles. The van der Waals surface area contributed by atoms with Crippen molar-refractivity contribution in [3.63, 3.8) is 0 Å². The monoisotopic (exact) mass is 377 g/mol. The van der Waals surface area contributed by atoms with E-state index in [2.05, 4.69) is 5.32 Å². The number of hydrogen-bond donors (Lipinski definition) is 1. The molecule has 4 nitrogen and oxygen atoms in total. The Balaban J connectivity index is 1.76. The molecule has 3 rings (SSSR count). The van der Waals surface area contributed by atoms with E-state index in [0.717, 1.165) is 11.1 Å². The van der Waals surface area contributed by atoms with Gasteiger partial charge in [0.15, 0.2) is 9.84 Å². The fourth-order valence-corrected chi connectivity index (χ4v) is 5.16. The smallest absolute Gasteiger partial charge is 0.221 e. The van der Waals surface area contributed by atoms with Gasteiger partial charge in [-0.25, -0.2) is 8.42 Å². The van der Waals surface area contributed by atoms with Gasteiger partial charge in [-0.3, -0.25) is 4.79 Å². The molecule has 0 spiro atoms. The highest BCUT2D eigenvalue weighted by Crippen LogP contribution is 2.25. The summed E-state index contributed by atoms with van der Waals surface area (Å²) in [6.07, 6.45) is 0.794. The Morgan fingerprint density at radius 2 is 1.72 bits per heavy atom. The average Bonchev–Trinajstić information content (AvgIpc) is 2.93. The number of carbonyl (C=O) groups excluding carboxylic acids is 1. The molecule has 1 heterocycles. The van der Waals surface area contributed by atoms with Crippen molar-refractivity contribution >= 4 is 27.3 Å². The molecule has 25 heavy (non-hydrogen) atoms. The van der Waals surface area contributed by atoms with Crippen molar-refractivity contribution in [1.29, 1.82) is 0 Å². The lowest BCUT2D eigenvalue weighted by Crippen LogP contribution is -2.31. The first-order chi connectivity index (χ1) is 11.9. The maximum Gasteiger partial charge on any atom is 0.221 e. The first-order valence-corrected chi connectivity index (χ1v) is 10.4. The number of rotatable bonds is 5. The summed E-state index contributed by atoms with van der Waals surface area (Å²) in [6, 6.07) is 16.8. The van der Waals surface area contributed by atoms with E-state index in [1.165, 1.54) is 0 Å². The van der Waals surface area contributed by atoms with Gasteiger partial charge in [0.25, 0.3) is 0 Å². The number of benzene rings is 2. The van der Waals surface area contributed by atoms with Gasteiger partial charge in [-0.05, 0) is 35.6 Å². The Morgan fingerprint density at radius 3 is 2.32 bits per heavy atom. The molecule has 0 aromatic heterocycles. The number of hydrogen-bond acceptors (Lipinski definition) is 3. The number of amides is 1. The zero-order chi connectivity index (χ0) is 17.9. The van der Waals surface area contributed by atoms with Crippen LogP contribution in [0.2, 0.25) is 5.02 Å². The minimum Gasteiger partial charge on any atom is -0.345 e.